The predicted octanol–water partition coefficient (Wildman–Crippen LogP) is 2.77. The average Bonchev–Trinajstić information content (AvgIpc) is 2.34. The van der Waals surface area contributed by atoms with Crippen molar-refractivity contribution in [3.63, 3.8) is 0 Å². The molecule has 2 nitrogen and oxygen atoms in total. The van der Waals surface area contributed by atoms with Crippen LogP contribution in [0.2, 0.25) is 0 Å². The number of piperidine rings is 1. The van der Waals surface area contributed by atoms with E-state index in [0.717, 1.165) is 6.42 Å². The van der Waals surface area contributed by atoms with Crippen molar-refractivity contribution in [3.05, 3.63) is 23.9 Å². The largest absolute Gasteiger partial charge is 0.375 e. The molecule has 2 aliphatic carbocycles. The molecular formula is C15H21NO. The topological polar surface area (TPSA) is 20.3 Å². The first-order valence-electron chi connectivity index (χ1n) is 6.80. The summed E-state index contributed by atoms with van der Waals surface area (Å²) in [4.78, 5) is 14.4. The Morgan fingerprint density at radius 2 is 2.12 bits per heavy atom. The van der Waals surface area contributed by atoms with Gasteiger partial charge in [0.2, 0.25) is 0 Å². The number of carbonyl (C=O) groups is 1. The molecule has 0 aromatic rings. The van der Waals surface area contributed by atoms with E-state index in [9.17, 15) is 4.79 Å². The number of nitrogens with zero attached hydrogens (tertiary/aromatic N) is 1. The average molecular weight is 231 g/mol. The summed E-state index contributed by atoms with van der Waals surface area (Å²) < 4.78 is 0. The van der Waals surface area contributed by atoms with Gasteiger partial charge in [-0.3, -0.25) is 4.79 Å². The summed E-state index contributed by atoms with van der Waals surface area (Å²) in [7, 11) is 2.21. The lowest BCUT2D eigenvalue weighted by Crippen LogP contribution is -2.44. The zero-order valence-corrected chi connectivity index (χ0v) is 10.7. The van der Waals surface area contributed by atoms with Crippen LogP contribution in [0.5, 0.6) is 0 Å². The van der Waals surface area contributed by atoms with Gasteiger partial charge in [-0.2, -0.15) is 0 Å². The predicted molar refractivity (Wildman–Crippen MR) is 68.4 cm³/mol. The third-order valence-corrected chi connectivity index (χ3v) is 4.94. The van der Waals surface area contributed by atoms with E-state index in [-0.39, 0.29) is 5.92 Å². The van der Waals surface area contributed by atoms with Gasteiger partial charge in [-0.1, -0.05) is 18.2 Å². The van der Waals surface area contributed by atoms with Crippen molar-refractivity contribution < 1.29 is 4.79 Å². The Labute approximate surface area is 103 Å². The molecule has 92 valence electrons. The van der Waals surface area contributed by atoms with Gasteiger partial charge in [0, 0.05) is 37.0 Å². The van der Waals surface area contributed by atoms with Crippen molar-refractivity contribution in [2.75, 3.05) is 7.05 Å². The highest BCUT2D eigenvalue weighted by Gasteiger charge is 2.41. The maximum atomic E-state index is 12.0. The van der Waals surface area contributed by atoms with Crippen molar-refractivity contribution in [2.24, 2.45) is 17.8 Å². The fourth-order valence-corrected chi connectivity index (χ4v) is 3.76. The molecule has 0 spiro atoms. The van der Waals surface area contributed by atoms with Crippen LogP contribution in [0.1, 0.15) is 32.6 Å². The zero-order valence-electron chi connectivity index (χ0n) is 10.7. The second-order valence-corrected chi connectivity index (χ2v) is 5.79. The number of ketones is 1. The van der Waals surface area contributed by atoms with Crippen LogP contribution in [-0.4, -0.2) is 23.8 Å². The molecule has 1 aliphatic heterocycles. The second kappa shape index (κ2) is 4.01. The van der Waals surface area contributed by atoms with Gasteiger partial charge < -0.3 is 4.90 Å². The normalized spacial score (nSPS) is 40.7. The highest BCUT2D eigenvalue weighted by molar-refractivity contribution is 5.84. The number of rotatable bonds is 0. The van der Waals surface area contributed by atoms with Gasteiger partial charge in [0.1, 0.15) is 5.78 Å². The first-order chi connectivity index (χ1) is 8.18. The Kier molecular flexibility index (Phi) is 2.61. The van der Waals surface area contributed by atoms with E-state index in [0.29, 0.717) is 30.1 Å². The quantitative estimate of drug-likeness (QED) is 0.597. The fraction of sp³-hybridized carbons (Fsp3) is 0.667. The van der Waals surface area contributed by atoms with Gasteiger partial charge in [-0.15, -0.1) is 0 Å². The Morgan fingerprint density at radius 3 is 2.94 bits per heavy atom. The van der Waals surface area contributed by atoms with Crippen molar-refractivity contribution in [1.29, 1.82) is 0 Å². The molecule has 17 heavy (non-hydrogen) atoms. The van der Waals surface area contributed by atoms with Crippen LogP contribution in [0, 0.1) is 17.8 Å². The van der Waals surface area contributed by atoms with Crippen molar-refractivity contribution in [1.82, 2.24) is 4.90 Å². The van der Waals surface area contributed by atoms with Crippen molar-refractivity contribution in [3.8, 4) is 0 Å². The monoisotopic (exact) mass is 231 g/mol. The van der Waals surface area contributed by atoms with Crippen LogP contribution >= 0.6 is 0 Å². The van der Waals surface area contributed by atoms with E-state index in [2.05, 4.69) is 37.1 Å². The molecule has 0 radical (unpaired) electrons. The highest BCUT2D eigenvalue weighted by Crippen LogP contribution is 2.45. The molecule has 3 aliphatic rings. The van der Waals surface area contributed by atoms with Gasteiger partial charge in [-0.25, -0.2) is 0 Å². The molecule has 1 saturated heterocycles. The number of allylic oxidation sites excluding steroid dienone is 4. The van der Waals surface area contributed by atoms with Gasteiger partial charge in [0.15, 0.2) is 0 Å². The van der Waals surface area contributed by atoms with Crippen LogP contribution in [0.3, 0.4) is 0 Å². The Bertz CT molecular complexity index is 396. The van der Waals surface area contributed by atoms with E-state index in [1.165, 1.54) is 18.5 Å². The lowest BCUT2D eigenvalue weighted by atomic mass is 9.66. The number of fused-ring (bicyclic) bond motifs is 3. The van der Waals surface area contributed by atoms with E-state index < -0.39 is 0 Å². The zero-order chi connectivity index (χ0) is 12.0. The summed E-state index contributed by atoms with van der Waals surface area (Å²) in [6.07, 6.45) is 10.8. The Morgan fingerprint density at radius 1 is 1.29 bits per heavy atom. The van der Waals surface area contributed by atoms with Gasteiger partial charge in [-0.05, 0) is 32.1 Å². The molecule has 0 N–H and O–H groups in total. The minimum Gasteiger partial charge on any atom is -0.375 e. The van der Waals surface area contributed by atoms with Gasteiger partial charge in [0.25, 0.3) is 0 Å². The summed E-state index contributed by atoms with van der Waals surface area (Å²) in [5.41, 5.74) is 1.49. The molecular weight excluding hydrogens is 210 g/mol. The van der Waals surface area contributed by atoms with Crippen molar-refractivity contribution in [2.45, 2.75) is 38.6 Å². The number of hydrogen-bond acceptors (Lipinski definition) is 2. The molecule has 3 rings (SSSR count). The van der Waals surface area contributed by atoms with Crippen molar-refractivity contribution >= 4 is 5.78 Å². The molecule has 1 fully saturated rings. The first-order valence-corrected chi connectivity index (χ1v) is 6.80. The third kappa shape index (κ3) is 1.65. The lowest BCUT2D eigenvalue weighted by molar-refractivity contribution is -0.124. The fourth-order valence-electron chi connectivity index (χ4n) is 3.76. The number of likely N-dealkylation sites (tertiary alicyclic amines) is 1. The minimum atomic E-state index is 0.274. The molecule has 0 aromatic heterocycles. The first kappa shape index (κ1) is 11.1. The van der Waals surface area contributed by atoms with Crippen LogP contribution in [0.25, 0.3) is 0 Å². The Hall–Kier alpha value is -1.05. The second-order valence-electron chi connectivity index (χ2n) is 5.79. The molecule has 3 unspecified atom stereocenters. The molecule has 0 bridgehead atoms. The van der Waals surface area contributed by atoms with E-state index in [1.54, 1.807) is 0 Å². The maximum Gasteiger partial charge on any atom is 0.140 e. The van der Waals surface area contributed by atoms with Crippen LogP contribution < -0.4 is 0 Å². The molecule has 0 amide bonds. The summed E-state index contributed by atoms with van der Waals surface area (Å²) >= 11 is 0. The Balaban J connectivity index is 1.93. The number of carbonyl (C=O) groups excluding carboxylic acids is 1. The number of hydrogen-bond donors (Lipinski definition) is 0. The summed E-state index contributed by atoms with van der Waals surface area (Å²) in [5, 5.41) is 0. The standard InChI is InChI=1S/C15H21NO/c1-10-6-7-12-11-4-3-5-15(17)13(11)8-9-14(12)16(10)2/h3-4,9-13H,5-8H2,1-2H3/t10?,11?,12-,13?/m0/s1. The SMILES string of the molecule is CC1CC[C@@H]2C(=CCC3C(=O)CC=CC32)N1C. The molecule has 1 heterocycles. The van der Waals surface area contributed by atoms with E-state index >= 15 is 0 Å². The van der Waals surface area contributed by atoms with Gasteiger partial charge >= 0.3 is 0 Å². The molecule has 4 atom stereocenters. The van der Waals surface area contributed by atoms with E-state index in [4.69, 9.17) is 0 Å². The summed E-state index contributed by atoms with van der Waals surface area (Å²) in [6, 6.07) is 0.650. The smallest absolute Gasteiger partial charge is 0.140 e. The van der Waals surface area contributed by atoms with E-state index in [1.807, 2.05) is 0 Å². The lowest BCUT2D eigenvalue weighted by Gasteiger charge is -2.47. The summed E-state index contributed by atoms with van der Waals surface area (Å²) in [5.74, 6) is 1.80. The highest BCUT2D eigenvalue weighted by atomic mass is 16.1. The van der Waals surface area contributed by atoms with Crippen LogP contribution in [-0.2, 0) is 4.79 Å². The molecule has 2 heteroatoms. The third-order valence-electron chi connectivity index (χ3n) is 4.94. The minimum absolute atomic E-state index is 0.274. The molecule has 0 aromatic carbocycles. The summed E-state index contributed by atoms with van der Waals surface area (Å²) in [6.45, 7) is 2.30. The maximum absolute atomic E-state index is 12.0. The molecule has 0 saturated carbocycles. The number of Topliss-reactive ketones (excluding diaryl/α,β-unsaturated/α-hetero) is 1. The van der Waals surface area contributed by atoms with Crippen LogP contribution in [0.4, 0.5) is 0 Å². The van der Waals surface area contributed by atoms with Crippen LogP contribution in [0.15, 0.2) is 23.9 Å². The van der Waals surface area contributed by atoms with Gasteiger partial charge in [0.05, 0.1) is 0 Å².